The molecule has 5 nitrogen and oxygen atoms in total. The van der Waals surface area contributed by atoms with Crippen molar-refractivity contribution in [3.8, 4) is 0 Å². The molecule has 0 amide bonds. The maximum atomic E-state index is 11.5. The van der Waals surface area contributed by atoms with E-state index >= 15 is 0 Å². The van der Waals surface area contributed by atoms with Crippen LogP contribution in [0.2, 0.25) is 0 Å². The first-order valence-corrected chi connectivity index (χ1v) is 4.26. The van der Waals surface area contributed by atoms with Crippen molar-refractivity contribution in [2.24, 2.45) is 11.3 Å². The lowest BCUT2D eigenvalue weighted by Crippen LogP contribution is -2.41. The van der Waals surface area contributed by atoms with Crippen molar-refractivity contribution in [1.29, 1.82) is 0 Å². The zero-order chi connectivity index (χ0) is 11.6. The van der Waals surface area contributed by atoms with Gasteiger partial charge in [-0.05, 0) is 34.6 Å². The highest BCUT2D eigenvalue weighted by molar-refractivity contribution is 5.99. The van der Waals surface area contributed by atoms with E-state index in [1.54, 1.807) is 20.8 Å². The van der Waals surface area contributed by atoms with Crippen molar-refractivity contribution in [1.82, 2.24) is 0 Å². The topological polar surface area (TPSA) is 78.6 Å². The van der Waals surface area contributed by atoms with Gasteiger partial charge >= 0.3 is 11.9 Å². The fourth-order valence-corrected chi connectivity index (χ4v) is 0.636. The summed E-state index contributed by atoms with van der Waals surface area (Å²) in [5, 5.41) is 0. The third-order valence-corrected chi connectivity index (χ3v) is 1.53. The molecule has 0 radical (unpaired) electrons. The van der Waals surface area contributed by atoms with Gasteiger partial charge < -0.3 is 9.57 Å². The number of nitrogens with two attached hydrogens (primary N) is 1. The molecule has 0 aromatic carbocycles. The summed E-state index contributed by atoms with van der Waals surface area (Å²) in [5.74, 6) is 3.24. The Morgan fingerprint density at radius 1 is 1.00 bits per heavy atom. The number of hydrogen-bond donors (Lipinski definition) is 1. The number of carbonyl (C=O) groups is 2. The van der Waals surface area contributed by atoms with Gasteiger partial charge in [0.15, 0.2) is 5.41 Å². The first-order chi connectivity index (χ1) is 6.11. The predicted octanol–water partition coefficient (Wildman–Crippen LogP) is 0.771. The lowest BCUT2D eigenvalue weighted by molar-refractivity contribution is -0.177. The van der Waals surface area contributed by atoms with E-state index in [0.717, 1.165) is 0 Å². The largest absolute Gasteiger partial charge is 0.459 e. The SMILES string of the molecule is CC(C)(C)OC(=O)C(C)(C)C(=O)ON. The molecule has 14 heavy (non-hydrogen) atoms. The summed E-state index contributed by atoms with van der Waals surface area (Å²) in [5.41, 5.74) is -2.01. The van der Waals surface area contributed by atoms with Gasteiger partial charge in [0.05, 0.1) is 0 Å². The molecule has 0 aromatic rings. The standard InChI is InChI=1S/C9H17NO4/c1-8(2,3)13-6(11)9(4,5)7(12)14-10/h10H2,1-5H3. The molecule has 0 spiro atoms. The molecule has 0 saturated heterocycles. The summed E-state index contributed by atoms with van der Waals surface area (Å²) in [6, 6.07) is 0. The highest BCUT2D eigenvalue weighted by atomic mass is 16.7. The Morgan fingerprint density at radius 2 is 1.43 bits per heavy atom. The summed E-state index contributed by atoms with van der Waals surface area (Å²) in [6.45, 7) is 7.95. The van der Waals surface area contributed by atoms with E-state index in [1.807, 2.05) is 0 Å². The monoisotopic (exact) mass is 203 g/mol. The minimum atomic E-state index is -1.37. The van der Waals surface area contributed by atoms with Crippen LogP contribution in [0, 0.1) is 5.41 Å². The summed E-state index contributed by atoms with van der Waals surface area (Å²) >= 11 is 0. The first-order valence-electron chi connectivity index (χ1n) is 4.26. The Morgan fingerprint density at radius 3 is 1.71 bits per heavy atom. The molecule has 0 bridgehead atoms. The van der Waals surface area contributed by atoms with Gasteiger partial charge in [-0.3, -0.25) is 4.79 Å². The molecule has 0 unspecified atom stereocenters. The Kier molecular flexibility index (Phi) is 3.65. The second-order valence-electron chi connectivity index (χ2n) is 4.53. The molecule has 0 saturated carbocycles. The van der Waals surface area contributed by atoms with Crippen LogP contribution >= 0.6 is 0 Å². The van der Waals surface area contributed by atoms with E-state index in [4.69, 9.17) is 10.6 Å². The lowest BCUT2D eigenvalue weighted by atomic mass is 9.94. The van der Waals surface area contributed by atoms with Crippen molar-refractivity contribution in [3.05, 3.63) is 0 Å². The van der Waals surface area contributed by atoms with Crippen LogP contribution in [0.3, 0.4) is 0 Å². The smallest absolute Gasteiger partial charge is 0.341 e. The maximum absolute atomic E-state index is 11.5. The number of hydrogen-bond acceptors (Lipinski definition) is 5. The maximum Gasteiger partial charge on any atom is 0.341 e. The second kappa shape index (κ2) is 3.96. The molecular formula is C9H17NO4. The molecule has 0 aromatic heterocycles. The van der Waals surface area contributed by atoms with Crippen LogP contribution in [0.4, 0.5) is 0 Å². The van der Waals surface area contributed by atoms with Gasteiger partial charge in [0.1, 0.15) is 5.60 Å². The summed E-state index contributed by atoms with van der Waals surface area (Å²) in [6.07, 6.45) is 0. The van der Waals surface area contributed by atoms with Crippen molar-refractivity contribution < 1.29 is 19.2 Å². The van der Waals surface area contributed by atoms with Gasteiger partial charge in [0.25, 0.3) is 0 Å². The molecule has 0 heterocycles. The third kappa shape index (κ3) is 3.33. The molecule has 0 aliphatic heterocycles. The average molecular weight is 203 g/mol. The van der Waals surface area contributed by atoms with Gasteiger partial charge in [0, 0.05) is 0 Å². The minimum Gasteiger partial charge on any atom is -0.459 e. The molecule has 0 atom stereocenters. The Bertz CT molecular complexity index is 240. The van der Waals surface area contributed by atoms with E-state index in [1.165, 1.54) is 13.8 Å². The Labute approximate surface area is 83.5 Å². The molecule has 82 valence electrons. The number of ether oxygens (including phenoxy) is 1. The molecule has 0 fully saturated rings. The van der Waals surface area contributed by atoms with Gasteiger partial charge in [-0.1, -0.05) is 0 Å². The van der Waals surface area contributed by atoms with Crippen molar-refractivity contribution in [2.75, 3.05) is 0 Å². The van der Waals surface area contributed by atoms with E-state index in [9.17, 15) is 9.59 Å². The van der Waals surface area contributed by atoms with Gasteiger partial charge in [-0.25, -0.2) is 4.79 Å². The van der Waals surface area contributed by atoms with Crippen LogP contribution in [0.5, 0.6) is 0 Å². The van der Waals surface area contributed by atoms with E-state index in [-0.39, 0.29) is 0 Å². The zero-order valence-corrected chi connectivity index (χ0v) is 9.21. The van der Waals surface area contributed by atoms with Crippen molar-refractivity contribution in [2.45, 2.75) is 40.2 Å². The van der Waals surface area contributed by atoms with Gasteiger partial charge in [-0.2, -0.15) is 5.90 Å². The fraction of sp³-hybridized carbons (Fsp3) is 0.778. The van der Waals surface area contributed by atoms with E-state index in [0.29, 0.717) is 0 Å². The van der Waals surface area contributed by atoms with Crippen LogP contribution in [0.1, 0.15) is 34.6 Å². The van der Waals surface area contributed by atoms with Crippen LogP contribution in [0.15, 0.2) is 0 Å². The number of esters is 1. The molecule has 2 N–H and O–H groups in total. The summed E-state index contributed by atoms with van der Waals surface area (Å²) in [7, 11) is 0. The molecule has 0 rings (SSSR count). The molecule has 0 aliphatic rings. The molecular weight excluding hydrogens is 186 g/mol. The van der Waals surface area contributed by atoms with E-state index in [2.05, 4.69) is 4.84 Å². The second-order valence-corrected chi connectivity index (χ2v) is 4.53. The van der Waals surface area contributed by atoms with Crippen molar-refractivity contribution in [3.63, 3.8) is 0 Å². The average Bonchev–Trinajstić information content (AvgIpc) is 1.99. The summed E-state index contributed by atoms with van der Waals surface area (Å²) in [4.78, 5) is 26.6. The van der Waals surface area contributed by atoms with Crippen LogP contribution in [-0.2, 0) is 19.2 Å². The predicted molar refractivity (Wildman–Crippen MR) is 49.9 cm³/mol. The highest BCUT2D eigenvalue weighted by Crippen LogP contribution is 2.22. The lowest BCUT2D eigenvalue weighted by Gasteiger charge is -2.26. The van der Waals surface area contributed by atoms with Gasteiger partial charge in [0.2, 0.25) is 0 Å². The minimum absolute atomic E-state index is 0.636. The van der Waals surface area contributed by atoms with E-state index < -0.39 is 23.0 Å². The van der Waals surface area contributed by atoms with Crippen LogP contribution in [0.25, 0.3) is 0 Å². The Balaban J connectivity index is 4.60. The Hall–Kier alpha value is -1.10. The van der Waals surface area contributed by atoms with Gasteiger partial charge in [-0.15, -0.1) is 0 Å². The number of rotatable bonds is 2. The quantitative estimate of drug-likeness (QED) is 0.407. The third-order valence-electron chi connectivity index (χ3n) is 1.53. The zero-order valence-electron chi connectivity index (χ0n) is 9.21. The first kappa shape index (κ1) is 12.9. The normalized spacial score (nSPS) is 12.1. The molecule has 5 heteroatoms. The van der Waals surface area contributed by atoms with Crippen LogP contribution in [-0.4, -0.2) is 17.5 Å². The van der Waals surface area contributed by atoms with Crippen LogP contribution < -0.4 is 5.90 Å². The highest BCUT2D eigenvalue weighted by Gasteiger charge is 2.41. The molecule has 0 aliphatic carbocycles. The van der Waals surface area contributed by atoms with Crippen molar-refractivity contribution >= 4 is 11.9 Å². The number of carbonyl (C=O) groups excluding carboxylic acids is 2. The summed E-state index contributed by atoms with van der Waals surface area (Å²) < 4.78 is 5.03. The fourth-order valence-electron chi connectivity index (χ4n) is 0.636.